The highest BCUT2D eigenvalue weighted by Gasteiger charge is 2.72. The number of aliphatic hydroxyl groups is 1. The number of hydrogen-bond acceptors (Lipinski definition) is 8. The van der Waals surface area contributed by atoms with Crippen LogP contribution in [-0.4, -0.2) is 67.9 Å². The topological polar surface area (TPSA) is 146 Å². The molecule has 0 radical (unpaired) electrons. The second-order valence-electron chi connectivity index (χ2n) is 18.7. The summed E-state index contributed by atoms with van der Waals surface area (Å²) in [6.07, 6.45) is 7.71. The molecule has 2 bridgehead atoms. The Balaban J connectivity index is 1.45. The highest BCUT2D eigenvalue weighted by Crippen LogP contribution is 2.75. The number of aromatic nitrogens is 4. The maximum Gasteiger partial charge on any atom is 0.307 e. The summed E-state index contributed by atoms with van der Waals surface area (Å²) in [5.74, 6) is 0.760. The predicted octanol–water partition coefficient (Wildman–Crippen LogP) is 6.05. The van der Waals surface area contributed by atoms with E-state index >= 15 is 0 Å². The lowest BCUT2D eigenvalue weighted by Gasteiger charge is -2.71. The van der Waals surface area contributed by atoms with E-state index in [4.69, 9.17) is 15.2 Å². The molecule has 270 valence electrons. The molecule has 4 N–H and O–H groups in total. The lowest BCUT2D eigenvalue weighted by molar-refractivity contribution is -0.254. The van der Waals surface area contributed by atoms with Crippen molar-refractivity contribution < 1.29 is 24.5 Å². The Bertz CT molecular complexity index is 1430. The van der Waals surface area contributed by atoms with Gasteiger partial charge >= 0.3 is 5.97 Å². The van der Waals surface area contributed by atoms with E-state index in [0.717, 1.165) is 38.5 Å². The fourth-order valence-electron chi connectivity index (χ4n) is 12.0. The Hall–Kier alpha value is -1.88. The third-order valence-corrected chi connectivity index (χ3v) is 15.9. The van der Waals surface area contributed by atoms with Crippen molar-refractivity contribution in [3.8, 4) is 0 Å². The van der Waals surface area contributed by atoms with Crippen molar-refractivity contribution in [2.45, 2.75) is 132 Å². The van der Waals surface area contributed by atoms with Crippen LogP contribution in [0.25, 0.3) is 0 Å². The molecule has 0 amide bonds. The van der Waals surface area contributed by atoms with Gasteiger partial charge in [-0.1, -0.05) is 74.0 Å². The number of carbonyl (C=O) groups is 1. The first-order valence-corrected chi connectivity index (χ1v) is 18.6. The van der Waals surface area contributed by atoms with Gasteiger partial charge in [-0.2, -0.15) is 4.80 Å². The Morgan fingerprint density at radius 3 is 2.44 bits per heavy atom. The van der Waals surface area contributed by atoms with E-state index in [-0.39, 0.29) is 57.7 Å². The van der Waals surface area contributed by atoms with E-state index in [2.05, 4.69) is 83.8 Å². The number of carboxylic acids is 1. The number of nitrogens with two attached hydrogens (primary N) is 1. The van der Waals surface area contributed by atoms with E-state index < -0.39 is 17.4 Å². The number of aliphatic carboxylic acids is 1. The molecule has 3 saturated carbocycles. The normalized spacial score (nSPS) is 44.3. The summed E-state index contributed by atoms with van der Waals surface area (Å²) in [5.41, 5.74) is 6.30. The highest BCUT2D eigenvalue weighted by molar-refractivity contribution is 5.73. The summed E-state index contributed by atoms with van der Waals surface area (Å²) in [5, 5.41) is 34.2. The Morgan fingerprint density at radius 2 is 1.83 bits per heavy atom. The van der Waals surface area contributed by atoms with Crippen molar-refractivity contribution in [1.82, 2.24) is 20.2 Å². The van der Waals surface area contributed by atoms with Crippen molar-refractivity contribution in [3.05, 3.63) is 17.5 Å². The number of hydrogen-bond donors (Lipinski definition) is 3. The summed E-state index contributed by atoms with van der Waals surface area (Å²) in [4.78, 5) is 15.1. The van der Waals surface area contributed by atoms with Gasteiger partial charge in [0, 0.05) is 16.4 Å². The minimum Gasteiger partial charge on any atom is -0.481 e. The molecule has 4 aliphatic carbocycles. The molecule has 10 nitrogen and oxygen atoms in total. The third-order valence-electron chi connectivity index (χ3n) is 15.9. The van der Waals surface area contributed by atoms with Gasteiger partial charge in [0.1, 0.15) is 12.6 Å². The van der Waals surface area contributed by atoms with Gasteiger partial charge in [-0.3, -0.25) is 4.79 Å². The molecule has 48 heavy (non-hydrogen) atoms. The van der Waals surface area contributed by atoms with Crippen LogP contribution in [0, 0.1) is 62.6 Å². The van der Waals surface area contributed by atoms with Crippen molar-refractivity contribution in [3.63, 3.8) is 0 Å². The zero-order chi connectivity index (χ0) is 35.2. The standard InChI is InChI=1S/C38H63N5O5/c1-22(2)24(5)33(6)15-16-35(8)25-11-12-28-34(7)19-47-21-38(28,26(25)13-14-36(35,9)30(33)32(45)46)17-27(43-41-29(18-44)40-42-43)31(34)48-20-37(10,39)23(3)4/h13,22-25,27-28,30-31,44H,11-12,14-21,39H2,1-10H3,(H,45,46)/t24-,25+,27-,28+,30-,31+,33-,34+,35-,36+,37+,38+/m1/s1. The molecule has 0 aromatic carbocycles. The number of tetrazole rings is 1. The quantitative estimate of drug-likeness (QED) is 0.267. The number of ether oxygens (including phenoxy) is 2. The van der Waals surface area contributed by atoms with Crippen molar-refractivity contribution in [1.29, 1.82) is 0 Å². The number of fused-ring (bicyclic) bond motifs is 3. The third kappa shape index (κ3) is 4.92. The Labute approximate surface area is 288 Å². The lowest BCUT2D eigenvalue weighted by atomic mass is 9.34. The average Bonchev–Trinajstić information content (AvgIpc) is 3.49. The van der Waals surface area contributed by atoms with Crippen molar-refractivity contribution in [2.24, 2.45) is 68.3 Å². The molecule has 1 aliphatic heterocycles. The van der Waals surface area contributed by atoms with Gasteiger partial charge in [0.25, 0.3) is 0 Å². The minimum atomic E-state index is -0.640. The van der Waals surface area contributed by atoms with Crippen molar-refractivity contribution in [2.75, 3.05) is 19.8 Å². The molecule has 0 spiro atoms. The first-order chi connectivity index (χ1) is 22.3. The number of rotatable bonds is 9. The van der Waals surface area contributed by atoms with Crippen LogP contribution in [0.2, 0.25) is 0 Å². The van der Waals surface area contributed by atoms with Gasteiger partial charge in [-0.15, -0.1) is 10.2 Å². The molecule has 2 heterocycles. The van der Waals surface area contributed by atoms with Gasteiger partial charge in [-0.25, -0.2) is 0 Å². The van der Waals surface area contributed by atoms with Gasteiger partial charge in [0.15, 0.2) is 5.82 Å². The first-order valence-electron chi connectivity index (χ1n) is 18.6. The first kappa shape index (κ1) is 35.9. The van der Waals surface area contributed by atoms with Crippen LogP contribution < -0.4 is 5.73 Å². The van der Waals surface area contributed by atoms with Crippen LogP contribution in [0.15, 0.2) is 11.6 Å². The van der Waals surface area contributed by atoms with E-state index in [0.29, 0.717) is 43.4 Å². The number of aliphatic hydroxyl groups excluding tert-OH is 1. The largest absolute Gasteiger partial charge is 0.481 e. The molecule has 1 saturated heterocycles. The fraction of sp³-hybridized carbons (Fsp3) is 0.895. The molecular formula is C38H63N5O5. The molecule has 1 aromatic rings. The Kier molecular flexibility index (Phi) is 8.86. The molecule has 10 heteroatoms. The van der Waals surface area contributed by atoms with E-state index in [1.165, 1.54) is 5.57 Å². The van der Waals surface area contributed by atoms with Gasteiger partial charge in [0.2, 0.25) is 0 Å². The van der Waals surface area contributed by atoms with Crippen LogP contribution >= 0.6 is 0 Å². The second kappa shape index (κ2) is 11.8. The van der Waals surface area contributed by atoms with E-state index in [1.807, 2.05) is 6.92 Å². The van der Waals surface area contributed by atoms with Crippen LogP contribution in [0.3, 0.4) is 0 Å². The zero-order valence-corrected chi connectivity index (χ0v) is 31.3. The monoisotopic (exact) mass is 669 g/mol. The van der Waals surface area contributed by atoms with Crippen LogP contribution in [0.4, 0.5) is 0 Å². The highest BCUT2D eigenvalue weighted by atomic mass is 16.5. The van der Waals surface area contributed by atoms with Gasteiger partial charge in [-0.05, 0) is 96.5 Å². The maximum absolute atomic E-state index is 13.4. The van der Waals surface area contributed by atoms with Crippen LogP contribution in [-0.2, 0) is 20.9 Å². The van der Waals surface area contributed by atoms with E-state index in [9.17, 15) is 15.0 Å². The molecular weight excluding hydrogens is 606 g/mol. The summed E-state index contributed by atoms with van der Waals surface area (Å²) in [6, 6.07) is -0.222. The fourth-order valence-corrected chi connectivity index (χ4v) is 12.0. The number of allylic oxidation sites excluding steroid dienone is 1. The summed E-state index contributed by atoms with van der Waals surface area (Å²) < 4.78 is 13.6. The molecule has 12 atom stereocenters. The maximum atomic E-state index is 13.4. The second-order valence-corrected chi connectivity index (χ2v) is 18.7. The molecule has 6 rings (SSSR count). The number of nitrogens with zero attached hydrogens (tertiary/aromatic N) is 4. The van der Waals surface area contributed by atoms with E-state index in [1.54, 1.807) is 4.80 Å². The van der Waals surface area contributed by atoms with Gasteiger partial charge in [0.05, 0.1) is 31.8 Å². The molecule has 5 aliphatic rings. The Morgan fingerprint density at radius 1 is 1.12 bits per heavy atom. The molecule has 0 unspecified atom stereocenters. The SMILES string of the molecule is CC(C)[C@@H](C)[C@@]1(C)CC[C@]2(C)[C@H]3CC[C@@H]4[C@@]5(COC[C@]4(C)[C@@H](OC[C@](C)(N)C(C)C)[C@H](n4nnc(CO)n4)C5)C3=CC[C@@]2(C)[C@@H]1C(=O)O. The summed E-state index contributed by atoms with van der Waals surface area (Å²) >= 11 is 0. The van der Waals surface area contributed by atoms with Crippen molar-refractivity contribution >= 4 is 5.97 Å². The molecule has 4 fully saturated rings. The minimum absolute atomic E-state index is 0.166. The predicted molar refractivity (Wildman–Crippen MR) is 184 cm³/mol. The lowest BCUT2D eigenvalue weighted by Crippen LogP contribution is -2.69. The summed E-state index contributed by atoms with van der Waals surface area (Å²) in [6.45, 7) is 23.7. The number of carboxylic acid groups (broad SMARTS) is 1. The van der Waals surface area contributed by atoms with Crippen LogP contribution in [0.5, 0.6) is 0 Å². The van der Waals surface area contributed by atoms with Gasteiger partial charge < -0.3 is 25.4 Å². The van der Waals surface area contributed by atoms with Crippen LogP contribution in [0.1, 0.15) is 120 Å². The molecule has 1 aromatic heterocycles. The summed E-state index contributed by atoms with van der Waals surface area (Å²) in [7, 11) is 0. The zero-order valence-electron chi connectivity index (χ0n) is 31.3. The average molecular weight is 670 g/mol. The smallest absolute Gasteiger partial charge is 0.307 e.